The van der Waals surface area contributed by atoms with Gasteiger partial charge in [0.25, 0.3) is 5.78 Å². The first-order valence-electron chi connectivity index (χ1n) is 10.4. The van der Waals surface area contributed by atoms with Gasteiger partial charge in [-0.25, -0.2) is 8.78 Å². The van der Waals surface area contributed by atoms with E-state index in [1.165, 1.54) is 10.8 Å². The summed E-state index contributed by atoms with van der Waals surface area (Å²) >= 11 is 6.41. The lowest BCUT2D eigenvalue weighted by molar-refractivity contribution is 0.279. The van der Waals surface area contributed by atoms with Crippen LogP contribution in [-0.2, 0) is 0 Å². The van der Waals surface area contributed by atoms with Gasteiger partial charge in [-0.05, 0) is 32.9 Å². The molecule has 0 spiro atoms. The van der Waals surface area contributed by atoms with Crippen LogP contribution >= 0.6 is 11.6 Å². The van der Waals surface area contributed by atoms with E-state index < -0.39 is 11.6 Å². The van der Waals surface area contributed by atoms with Gasteiger partial charge in [0.15, 0.2) is 0 Å². The first-order chi connectivity index (χ1) is 15.0. The first-order valence-corrected chi connectivity index (χ1v) is 10.8. The van der Waals surface area contributed by atoms with Crippen molar-refractivity contribution in [3.8, 4) is 16.9 Å². The van der Waals surface area contributed by atoms with E-state index in [1.807, 2.05) is 25.9 Å². The molecule has 2 heterocycles. The fourth-order valence-electron chi connectivity index (χ4n) is 3.04. The third-order valence-corrected chi connectivity index (χ3v) is 5.59. The summed E-state index contributed by atoms with van der Waals surface area (Å²) in [5, 5.41) is 7.40. The third kappa shape index (κ3) is 5.27. The molecule has 174 valence electrons. The van der Waals surface area contributed by atoms with Gasteiger partial charge < -0.3 is 15.0 Å². The van der Waals surface area contributed by atoms with Gasteiger partial charge in [-0.3, -0.25) is 0 Å². The maximum Gasteiger partial charge on any atom is 0.255 e. The maximum absolute atomic E-state index is 15.2. The summed E-state index contributed by atoms with van der Waals surface area (Å²) in [5.41, 5.74) is -0.375. The maximum atomic E-state index is 15.2. The summed E-state index contributed by atoms with van der Waals surface area (Å²) in [6, 6.07) is 2.23. The van der Waals surface area contributed by atoms with E-state index in [0.717, 1.165) is 25.1 Å². The second kappa shape index (κ2) is 9.54. The molecule has 0 saturated heterocycles. The Kier molecular flexibility index (Phi) is 7.19. The van der Waals surface area contributed by atoms with Crippen molar-refractivity contribution in [3.63, 3.8) is 0 Å². The van der Waals surface area contributed by atoms with Gasteiger partial charge in [0, 0.05) is 24.7 Å². The number of benzene rings is 1. The van der Waals surface area contributed by atoms with Crippen molar-refractivity contribution in [3.05, 3.63) is 35.2 Å². The third-order valence-electron chi connectivity index (χ3n) is 5.32. The molecular formula is C22H29ClF2N6O. The molecule has 1 N–H and O–H groups in total. The van der Waals surface area contributed by atoms with Gasteiger partial charge in [-0.1, -0.05) is 32.4 Å². The second-order valence-electron chi connectivity index (χ2n) is 9.10. The molecule has 7 nitrogen and oxygen atoms in total. The van der Waals surface area contributed by atoms with Crippen LogP contribution in [0.1, 0.15) is 34.1 Å². The molecule has 10 heteroatoms. The van der Waals surface area contributed by atoms with Crippen LogP contribution in [0, 0.1) is 17.0 Å². The van der Waals surface area contributed by atoms with Gasteiger partial charge in [-0.15, -0.1) is 0 Å². The van der Waals surface area contributed by atoms with Crippen LogP contribution in [-0.4, -0.2) is 57.8 Å². The van der Waals surface area contributed by atoms with Crippen LogP contribution in [0.15, 0.2) is 18.5 Å². The van der Waals surface area contributed by atoms with Crippen molar-refractivity contribution >= 4 is 23.2 Å². The van der Waals surface area contributed by atoms with E-state index in [9.17, 15) is 0 Å². The lowest BCUT2D eigenvalue weighted by atomic mass is 9.88. The quantitative estimate of drug-likeness (QED) is 0.376. The Morgan fingerprint density at radius 3 is 2.44 bits per heavy atom. The molecule has 0 radical (unpaired) electrons. The zero-order valence-electron chi connectivity index (χ0n) is 19.2. The highest BCUT2D eigenvalue weighted by Crippen LogP contribution is 2.39. The summed E-state index contributed by atoms with van der Waals surface area (Å²) in [7, 11) is 3.90. The van der Waals surface area contributed by atoms with Crippen molar-refractivity contribution in [1.29, 1.82) is 0 Å². The van der Waals surface area contributed by atoms with E-state index in [1.54, 1.807) is 0 Å². The minimum atomic E-state index is -0.803. The summed E-state index contributed by atoms with van der Waals surface area (Å²) in [4.78, 5) is 10.2. The smallest absolute Gasteiger partial charge is 0.255 e. The van der Waals surface area contributed by atoms with Crippen molar-refractivity contribution < 1.29 is 13.5 Å². The van der Waals surface area contributed by atoms with Crippen molar-refractivity contribution in [2.45, 2.75) is 40.2 Å². The van der Waals surface area contributed by atoms with Crippen LogP contribution in [0.25, 0.3) is 16.9 Å². The number of fused-ring (bicyclic) bond motifs is 1. The first kappa shape index (κ1) is 24.1. The highest BCUT2D eigenvalue weighted by molar-refractivity contribution is 6.33. The number of anilines is 1. The lowest BCUT2D eigenvalue weighted by Crippen LogP contribution is -2.32. The standard InChI is InChI=1S/C22H29ClF2N6O/c1-13(22(2,3)4)28-20-18(19(23)29-21-26-12-27-31(20)21)17-15(24)10-14(11-16(17)25)32-9-7-8-30(5)6/h10-13,28H,7-9H2,1-6H3/t13-/m0/s1. The van der Waals surface area contributed by atoms with Gasteiger partial charge in [-0.2, -0.15) is 19.6 Å². The van der Waals surface area contributed by atoms with Crippen molar-refractivity contribution in [2.75, 3.05) is 32.6 Å². The van der Waals surface area contributed by atoms with Crippen LogP contribution < -0.4 is 10.1 Å². The molecule has 0 aliphatic carbocycles. The van der Waals surface area contributed by atoms with Gasteiger partial charge in [0.2, 0.25) is 0 Å². The molecule has 0 fully saturated rings. The molecule has 0 bridgehead atoms. The number of rotatable bonds is 8. The fourth-order valence-corrected chi connectivity index (χ4v) is 3.30. The van der Waals surface area contributed by atoms with Gasteiger partial charge >= 0.3 is 0 Å². The highest BCUT2D eigenvalue weighted by Gasteiger charge is 2.28. The van der Waals surface area contributed by atoms with Crippen LogP contribution in [0.2, 0.25) is 5.15 Å². The number of halogens is 3. The minimum Gasteiger partial charge on any atom is -0.493 e. The summed E-state index contributed by atoms with van der Waals surface area (Å²) in [6.45, 7) is 9.28. The van der Waals surface area contributed by atoms with E-state index in [0.29, 0.717) is 12.4 Å². The molecule has 0 amide bonds. The number of ether oxygens (including phenoxy) is 1. The largest absolute Gasteiger partial charge is 0.493 e. The lowest BCUT2D eigenvalue weighted by Gasteiger charge is -2.30. The van der Waals surface area contributed by atoms with Gasteiger partial charge in [0.1, 0.15) is 34.7 Å². The number of nitrogens with zero attached hydrogens (tertiary/aromatic N) is 5. The molecule has 0 unspecified atom stereocenters. The monoisotopic (exact) mass is 466 g/mol. The van der Waals surface area contributed by atoms with Crippen LogP contribution in [0.3, 0.4) is 0 Å². The van der Waals surface area contributed by atoms with E-state index in [2.05, 4.69) is 41.2 Å². The zero-order valence-corrected chi connectivity index (χ0v) is 20.0. The SMILES string of the molecule is C[C@H](Nc1c(-c2c(F)cc(OCCCN(C)C)cc2F)c(Cl)nc2ncnn12)C(C)(C)C. The molecule has 1 aromatic carbocycles. The predicted octanol–water partition coefficient (Wildman–Crippen LogP) is 4.90. The molecule has 0 aliphatic heterocycles. The zero-order chi connectivity index (χ0) is 23.6. The molecule has 0 saturated carbocycles. The number of aromatic nitrogens is 4. The van der Waals surface area contributed by atoms with E-state index in [-0.39, 0.29) is 39.3 Å². The van der Waals surface area contributed by atoms with Crippen LogP contribution in [0.4, 0.5) is 14.6 Å². The topological polar surface area (TPSA) is 67.6 Å². The minimum absolute atomic E-state index is 0.0773. The molecule has 32 heavy (non-hydrogen) atoms. The Balaban J connectivity index is 2.05. The predicted molar refractivity (Wildman–Crippen MR) is 122 cm³/mol. The van der Waals surface area contributed by atoms with E-state index >= 15 is 8.78 Å². The average molecular weight is 467 g/mol. The molecule has 1 atom stereocenters. The number of hydrogen-bond acceptors (Lipinski definition) is 6. The molecule has 0 aliphatic rings. The Bertz CT molecular complexity index is 1070. The van der Waals surface area contributed by atoms with Crippen LogP contribution in [0.5, 0.6) is 5.75 Å². The Labute approximate surface area is 191 Å². The summed E-state index contributed by atoms with van der Waals surface area (Å²) in [6.07, 6.45) is 2.04. The van der Waals surface area contributed by atoms with Crippen molar-refractivity contribution in [1.82, 2.24) is 24.5 Å². The molecule has 3 rings (SSSR count). The second-order valence-corrected chi connectivity index (χ2v) is 9.46. The summed E-state index contributed by atoms with van der Waals surface area (Å²) in [5.74, 6) is -0.947. The Morgan fingerprint density at radius 1 is 1.19 bits per heavy atom. The molecule has 2 aromatic heterocycles. The number of hydrogen-bond donors (Lipinski definition) is 1. The van der Waals surface area contributed by atoms with Gasteiger partial charge in [0.05, 0.1) is 17.7 Å². The fraction of sp³-hybridized carbons (Fsp3) is 0.500. The normalized spacial score (nSPS) is 13.1. The number of nitrogens with one attached hydrogen (secondary N) is 1. The highest BCUT2D eigenvalue weighted by atomic mass is 35.5. The average Bonchev–Trinajstić information content (AvgIpc) is 3.13. The Morgan fingerprint density at radius 2 is 1.84 bits per heavy atom. The molecule has 3 aromatic rings. The van der Waals surface area contributed by atoms with E-state index in [4.69, 9.17) is 16.3 Å². The Hall–Kier alpha value is -2.52. The summed E-state index contributed by atoms with van der Waals surface area (Å²) < 4.78 is 37.3. The molecular weight excluding hydrogens is 438 g/mol. The van der Waals surface area contributed by atoms with Crippen molar-refractivity contribution in [2.24, 2.45) is 5.41 Å².